The summed E-state index contributed by atoms with van der Waals surface area (Å²) in [4.78, 5) is 29.3. The van der Waals surface area contributed by atoms with Crippen LogP contribution in [0.5, 0.6) is 0 Å². The Morgan fingerprint density at radius 2 is 1.93 bits per heavy atom. The molecule has 0 bridgehead atoms. The van der Waals surface area contributed by atoms with Crippen LogP contribution < -0.4 is 5.32 Å². The van der Waals surface area contributed by atoms with Gasteiger partial charge >= 0.3 is 5.97 Å². The molecule has 0 aliphatic carbocycles. The number of nitrogens with one attached hydrogen (secondary N) is 1. The molecule has 0 radical (unpaired) electrons. The molecular weight excluding hydrogens is 396 g/mol. The summed E-state index contributed by atoms with van der Waals surface area (Å²) < 4.78 is 9.00. The predicted octanol–water partition coefficient (Wildman–Crippen LogP) is 3.97. The van der Waals surface area contributed by atoms with E-state index in [0.717, 1.165) is 29.2 Å². The zero-order valence-corrected chi connectivity index (χ0v) is 17.4. The minimum absolute atomic E-state index is 0.328. The van der Waals surface area contributed by atoms with Crippen molar-refractivity contribution in [3.8, 4) is 11.3 Å². The molecule has 2 heterocycles. The third kappa shape index (κ3) is 4.60. The van der Waals surface area contributed by atoms with Crippen molar-refractivity contribution in [2.75, 3.05) is 5.32 Å². The second-order valence-corrected chi connectivity index (χ2v) is 7.64. The maximum atomic E-state index is 12.4. The van der Waals surface area contributed by atoms with Crippen molar-refractivity contribution in [3.63, 3.8) is 0 Å². The summed E-state index contributed by atoms with van der Waals surface area (Å²) in [5, 5.41) is 8.91. The Morgan fingerprint density at radius 1 is 1.18 bits per heavy atom. The highest BCUT2D eigenvalue weighted by molar-refractivity contribution is 7.14. The fourth-order valence-electron chi connectivity index (χ4n) is 2.44. The molecule has 1 atom stereocenters. The van der Waals surface area contributed by atoms with Crippen LogP contribution in [0.4, 0.5) is 5.13 Å². The Bertz CT molecular complexity index is 966. The molecule has 0 aliphatic rings. The number of anilines is 1. The average Bonchev–Trinajstić information content (AvgIpc) is 3.37. The highest BCUT2D eigenvalue weighted by atomic mass is 32.1. The molecule has 2 aromatic heterocycles. The molecule has 1 amide bonds. The lowest BCUT2D eigenvalue weighted by Crippen LogP contribution is -2.30. The number of carbonyl (C=O) groups is 2. The van der Waals surface area contributed by atoms with Crippen LogP contribution in [0.15, 0.2) is 29.6 Å². The van der Waals surface area contributed by atoms with Crippen molar-refractivity contribution in [2.24, 2.45) is 0 Å². The summed E-state index contributed by atoms with van der Waals surface area (Å²) in [6, 6.07) is 8.15. The second-order valence-electron chi connectivity index (χ2n) is 6.03. The van der Waals surface area contributed by atoms with Gasteiger partial charge in [-0.25, -0.2) is 9.78 Å². The van der Waals surface area contributed by atoms with Gasteiger partial charge in [0.2, 0.25) is 0 Å². The highest BCUT2D eigenvalue weighted by Gasteiger charge is 2.23. The average molecular weight is 417 g/mol. The van der Waals surface area contributed by atoms with Gasteiger partial charge in [-0.3, -0.25) is 10.1 Å². The number of carbonyl (C=O) groups excluding carboxylic acids is 2. The first-order valence-electron chi connectivity index (χ1n) is 8.89. The molecule has 146 valence electrons. The Kier molecular flexibility index (Phi) is 6.48. The first-order valence-corrected chi connectivity index (χ1v) is 10.5. The van der Waals surface area contributed by atoms with Crippen LogP contribution in [0.3, 0.4) is 0 Å². The van der Waals surface area contributed by atoms with E-state index in [1.165, 1.54) is 23.8 Å². The Labute approximate surface area is 171 Å². The van der Waals surface area contributed by atoms with Gasteiger partial charge in [0.15, 0.2) is 16.1 Å². The Hall–Kier alpha value is -2.65. The number of ether oxygens (including phenoxy) is 1. The van der Waals surface area contributed by atoms with Gasteiger partial charge in [-0.1, -0.05) is 42.6 Å². The van der Waals surface area contributed by atoms with E-state index in [-0.39, 0.29) is 0 Å². The molecule has 0 aliphatic heterocycles. The molecule has 9 heteroatoms. The molecule has 0 fully saturated rings. The van der Waals surface area contributed by atoms with Crippen molar-refractivity contribution < 1.29 is 14.3 Å². The summed E-state index contributed by atoms with van der Waals surface area (Å²) in [5.74, 6) is -1.03. The maximum absolute atomic E-state index is 12.4. The van der Waals surface area contributed by atoms with Crippen molar-refractivity contribution in [1.82, 2.24) is 14.6 Å². The summed E-state index contributed by atoms with van der Waals surface area (Å²) in [7, 11) is 0. The standard InChI is InChI=1S/C19H20N4O3S2/c1-4-12-6-8-13(9-7-12)15-10-27-19(20-15)21-17(24)11(3)26-18(25)16-14(5-2)22-23-28-16/h6-11H,4-5H2,1-3H3,(H,20,21,24)/t11-/m0/s1. The Balaban J connectivity index is 1.61. The lowest BCUT2D eigenvalue weighted by Gasteiger charge is -2.11. The quantitative estimate of drug-likeness (QED) is 0.586. The number of benzene rings is 1. The molecule has 3 aromatic rings. The highest BCUT2D eigenvalue weighted by Crippen LogP contribution is 2.25. The fourth-order valence-corrected chi connectivity index (χ4v) is 3.80. The molecule has 0 unspecified atom stereocenters. The number of aryl methyl sites for hydroxylation is 2. The van der Waals surface area contributed by atoms with E-state index in [9.17, 15) is 9.59 Å². The van der Waals surface area contributed by atoms with E-state index in [1.54, 1.807) is 0 Å². The van der Waals surface area contributed by atoms with Crippen LogP contribution in [0.1, 0.15) is 41.7 Å². The predicted molar refractivity (Wildman–Crippen MR) is 110 cm³/mol. The van der Waals surface area contributed by atoms with Gasteiger partial charge in [-0.15, -0.1) is 16.4 Å². The van der Waals surface area contributed by atoms with Crippen molar-refractivity contribution in [2.45, 2.75) is 39.7 Å². The number of amides is 1. The maximum Gasteiger partial charge on any atom is 0.352 e. The van der Waals surface area contributed by atoms with E-state index >= 15 is 0 Å². The number of hydrogen-bond donors (Lipinski definition) is 1. The first-order chi connectivity index (χ1) is 13.5. The molecule has 1 N–H and O–H groups in total. The van der Waals surface area contributed by atoms with Gasteiger partial charge in [0.05, 0.1) is 11.4 Å². The van der Waals surface area contributed by atoms with Crippen LogP contribution in [0.2, 0.25) is 0 Å². The summed E-state index contributed by atoms with van der Waals surface area (Å²) in [6.45, 7) is 5.50. The smallest absolute Gasteiger partial charge is 0.352 e. The number of rotatable bonds is 7. The number of nitrogens with zero attached hydrogens (tertiary/aromatic N) is 3. The van der Waals surface area contributed by atoms with Crippen LogP contribution in [-0.4, -0.2) is 32.6 Å². The third-order valence-electron chi connectivity index (χ3n) is 4.12. The van der Waals surface area contributed by atoms with Crippen LogP contribution >= 0.6 is 22.9 Å². The van der Waals surface area contributed by atoms with E-state index in [2.05, 4.69) is 38.9 Å². The van der Waals surface area contributed by atoms with Crippen molar-refractivity contribution >= 4 is 39.9 Å². The minimum Gasteiger partial charge on any atom is -0.448 e. The molecular formula is C19H20N4O3S2. The normalized spacial score (nSPS) is 11.8. The van der Waals surface area contributed by atoms with E-state index in [0.29, 0.717) is 22.1 Å². The topological polar surface area (TPSA) is 94.1 Å². The zero-order valence-electron chi connectivity index (χ0n) is 15.8. The van der Waals surface area contributed by atoms with E-state index in [1.807, 2.05) is 24.4 Å². The third-order valence-corrected chi connectivity index (χ3v) is 5.63. The molecule has 1 aromatic carbocycles. The van der Waals surface area contributed by atoms with Gasteiger partial charge in [0.25, 0.3) is 5.91 Å². The molecule has 7 nitrogen and oxygen atoms in total. The van der Waals surface area contributed by atoms with Gasteiger partial charge in [-0.2, -0.15) is 0 Å². The van der Waals surface area contributed by atoms with Gasteiger partial charge < -0.3 is 4.74 Å². The van der Waals surface area contributed by atoms with Crippen LogP contribution in [-0.2, 0) is 22.4 Å². The summed E-state index contributed by atoms with van der Waals surface area (Å²) >= 11 is 2.29. The number of esters is 1. The van der Waals surface area contributed by atoms with Crippen LogP contribution in [0, 0.1) is 0 Å². The molecule has 0 saturated heterocycles. The van der Waals surface area contributed by atoms with Crippen molar-refractivity contribution in [1.29, 1.82) is 0 Å². The lowest BCUT2D eigenvalue weighted by atomic mass is 10.1. The largest absolute Gasteiger partial charge is 0.448 e. The van der Waals surface area contributed by atoms with Crippen LogP contribution in [0.25, 0.3) is 11.3 Å². The minimum atomic E-state index is -0.963. The Morgan fingerprint density at radius 3 is 2.61 bits per heavy atom. The van der Waals surface area contributed by atoms with Gasteiger partial charge in [0, 0.05) is 10.9 Å². The van der Waals surface area contributed by atoms with Gasteiger partial charge in [0.1, 0.15) is 0 Å². The SMILES string of the molecule is CCc1ccc(-c2csc(NC(=O)[C@H](C)OC(=O)c3snnc3CC)n2)cc1. The molecule has 28 heavy (non-hydrogen) atoms. The van der Waals surface area contributed by atoms with Gasteiger partial charge in [-0.05, 0) is 36.9 Å². The monoisotopic (exact) mass is 416 g/mol. The summed E-state index contributed by atoms with van der Waals surface area (Å²) in [6.07, 6.45) is 0.588. The first kappa shape index (κ1) is 20.1. The number of thiazole rings is 1. The number of hydrogen-bond acceptors (Lipinski definition) is 8. The summed E-state index contributed by atoms with van der Waals surface area (Å²) in [5.41, 5.74) is 3.60. The molecule has 0 spiro atoms. The van der Waals surface area contributed by atoms with Crippen molar-refractivity contribution in [3.05, 3.63) is 45.8 Å². The molecule has 0 saturated carbocycles. The molecule has 3 rings (SSSR count). The lowest BCUT2D eigenvalue weighted by molar-refractivity contribution is -0.123. The fraction of sp³-hybridized carbons (Fsp3) is 0.316. The number of aromatic nitrogens is 3. The second kappa shape index (κ2) is 9.03. The van der Waals surface area contributed by atoms with E-state index < -0.39 is 18.0 Å². The zero-order chi connectivity index (χ0) is 20.1. The van der Waals surface area contributed by atoms with E-state index in [4.69, 9.17) is 4.74 Å².